The number of carbonyl (C=O) groups is 2. The zero-order valence-corrected chi connectivity index (χ0v) is 18.7. The number of ether oxygens (including phenoxy) is 1. The number of benzene rings is 2. The summed E-state index contributed by atoms with van der Waals surface area (Å²) in [4.78, 5) is 36.6. The zero-order valence-electron chi connectivity index (χ0n) is 17.1. The lowest BCUT2D eigenvalue weighted by molar-refractivity contribution is -0.144. The Hall–Kier alpha value is -3.23. The predicted octanol–water partition coefficient (Wildman–Crippen LogP) is 4.79. The van der Waals surface area contributed by atoms with Crippen molar-refractivity contribution in [1.29, 1.82) is 0 Å². The van der Waals surface area contributed by atoms with Crippen molar-refractivity contribution in [3.05, 3.63) is 77.4 Å². The molecule has 2 aromatic heterocycles. The van der Waals surface area contributed by atoms with E-state index in [1.165, 1.54) is 29.4 Å². The average molecular weight is 462 g/mol. The molecule has 3 heterocycles. The van der Waals surface area contributed by atoms with E-state index in [1.807, 2.05) is 60.0 Å². The van der Waals surface area contributed by atoms with Gasteiger partial charge in [0.25, 0.3) is 5.91 Å². The number of aromatic nitrogens is 2. The molecule has 0 radical (unpaired) electrons. The van der Waals surface area contributed by atoms with Gasteiger partial charge in [-0.05, 0) is 47.5 Å². The van der Waals surface area contributed by atoms with Crippen LogP contribution >= 0.6 is 23.1 Å². The van der Waals surface area contributed by atoms with Gasteiger partial charge in [-0.2, -0.15) is 0 Å². The molecule has 0 aliphatic carbocycles. The number of hydrogen-bond donors (Lipinski definition) is 0. The molecule has 5 rings (SSSR count). The standard InChI is InChI=1S/C24H19N3O3S2/c28-21(13-30-22(29)14-32-24-18-11-12-31-23(18)25-15-26-24)27-19-7-3-1-5-16(19)9-10-17-6-2-4-8-20(17)27/h1-8,11-12,15H,9-10,13-14H2. The summed E-state index contributed by atoms with van der Waals surface area (Å²) in [5.74, 6) is -0.656. The molecule has 0 bridgehead atoms. The highest BCUT2D eigenvalue weighted by Gasteiger charge is 2.26. The molecule has 160 valence electrons. The number of esters is 1. The first-order valence-electron chi connectivity index (χ1n) is 10.2. The topological polar surface area (TPSA) is 72.4 Å². The highest BCUT2D eigenvalue weighted by molar-refractivity contribution is 8.00. The lowest BCUT2D eigenvalue weighted by Crippen LogP contribution is -2.31. The number of para-hydroxylation sites is 2. The van der Waals surface area contributed by atoms with Crippen LogP contribution in [0.5, 0.6) is 0 Å². The number of rotatable bonds is 5. The van der Waals surface area contributed by atoms with Crippen LogP contribution in [0, 0.1) is 0 Å². The Labute approximate surface area is 193 Å². The summed E-state index contributed by atoms with van der Waals surface area (Å²) >= 11 is 2.81. The fourth-order valence-electron chi connectivity index (χ4n) is 3.81. The molecule has 0 spiro atoms. The normalized spacial score (nSPS) is 12.7. The van der Waals surface area contributed by atoms with Gasteiger partial charge in [-0.15, -0.1) is 11.3 Å². The van der Waals surface area contributed by atoms with E-state index in [-0.39, 0.29) is 18.3 Å². The number of anilines is 2. The number of fused-ring (bicyclic) bond motifs is 3. The van der Waals surface area contributed by atoms with Crippen LogP contribution in [-0.4, -0.2) is 34.2 Å². The number of thiophene rings is 1. The summed E-state index contributed by atoms with van der Waals surface area (Å²) in [5.41, 5.74) is 3.88. The average Bonchev–Trinajstić information content (AvgIpc) is 3.24. The molecule has 6 nitrogen and oxygen atoms in total. The van der Waals surface area contributed by atoms with E-state index in [9.17, 15) is 9.59 Å². The highest BCUT2D eigenvalue weighted by atomic mass is 32.2. The van der Waals surface area contributed by atoms with Crippen molar-refractivity contribution in [2.75, 3.05) is 17.3 Å². The lowest BCUT2D eigenvalue weighted by atomic mass is 10.0. The largest absolute Gasteiger partial charge is 0.455 e. The molecule has 1 aliphatic heterocycles. The monoisotopic (exact) mass is 461 g/mol. The molecular weight excluding hydrogens is 442 g/mol. The number of thioether (sulfide) groups is 1. The predicted molar refractivity (Wildman–Crippen MR) is 127 cm³/mol. The third kappa shape index (κ3) is 4.11. The number of amides is 1. The molecule has 1 aliphatic rings. The molecule has 0 saturated carbocycles. The van der Waals surface area contributed by atoms with Crippen LogP contribution in [0.15, 0.2) is 71.3 Å². The van der Waals surface area contributed by atoms with Gasteiger partial charge < -0.3 is 4.74 Å². The summed E-state index contributed by atoms with van der Waals surface area (Å²) in [5, 5.41) is 3.59. The van der Waals surface area contributed by atoms with Gasteiger partial charge in [-0.25, -0.2) is 9.97 Å². The Kier molecular flexibility index (Phi) is 5.87. The van der Waals surface area contributed by atoms with Crippen molar-refractivity contribution in [3.63, 3.8) is 0 Å². The van der Waals surface area contributed by atoms with E-state index in [4.69, 9.17) is 4.74 Å². The highest BCUT2D eigenvalue weighted by Crippen LogP contribution is 2.36. The van der Waals surface area contributed by atoms with Crippen LogP contribution in [0.4, 0.5) is 11.4 Å². The van der Waals surface area contributed by atoms with Gasteiger partial charge in [0.05, 0.1) is 17.1 Å². The SMILES string of the molecule is O=C(CSc1ncnc2sccc12)OCC(=O)N1c2ccccc2CCc2ccccc21. The molecule has 0 unspecified atom stereocenters. The third-order valence-electron chi connectivity index (χ3n) is 5.29. The van der Waals surface area contributed by atoms with Crippen LogP contribution in [0.2, 0.25) is 0 Å². The second kappa shape index (κ2) is 9.10. The van der Waals surface area contributed by atoms with Crippen LogP contribution in [0.25, 0.3) is 10.2 Å². The van der Waals surface area contributed by atoms with Crippen molar-refractivity contribution in [2.45, 2.75) is 17.9 Å². The summed E-state index contributed by atoms with van der Waals surface area (Å²) in [7, 11) is 0. The second-order valence-electron chi connectivity index (χ2n) is 7.25. The van der Waals surface area contributed by atoms with Gasteiger partial charge in [0.1, 0.15) is 16.2 Å². The van der Waals surface area contributed by atoms with Crippen molar-refractivity contribution >= 4 is 56.6 Å². The van der Waals surface area contributed by atoms with Gasteiger partial charge in [0.15, 0.2) is 6.61 Å². The van der Waals surface area contributed by atoms with E-state index in [1.54, 1.807) is 4.90 Å². The first-order chi connectivity index (χ1) is 15.7. The van der Waals surface area contributed by atoms with Crippen molar-refractivity contribution in [2.24, 2.45) is 0 Å². The third-order valence-corrected chi connectivity index (χ3v) is 7.09. The van der Waals surface area contributed by atoms with E-state index >= 15 is 0 Å². The number of carbonyl (C=O) groups excluding carboxylic acids is 2. The maximum atomic E-state index is 13.2. The maximum absolute atomic E-state index is 13.2. The number of aryl methyl sites for hydroxylation is 2. The lowest BCUT2D eigenvalue weighted by Gasteiger charge is -2.24. The molecule has 1 amide bonds. The Balaban J connectivity index is 1.29. The molecule has 4 aromatic rings. The Morgan fingerprint density at radius 2 is 1.66 bits per heavy atom. The van der Waals surface area contributed by atoms with Gasteiger partial charge in [0, 0.05) is 5.39 Å². The van der Waals surface area contributed by atoms with Crippen molar-refractivity contribution in [3.8, 4) is 0 Å². The van der Waals surface area contributed by atoms with Gasteiger partial charge in [-0.3, -0.25) is 14.5 Å². The van der Waals surface area contributed by atoms with Crippen LogP contribution in [0.3, 0.4) is 0 Å². The fourth-order valence-corrected chi connectivity index (χ4v) is 5.38. The Bertz CT molecular complexity index is 1260. The van der Waals surface area contributed by atoms with Gasteiger partial charge in [-0.1, -0.05) is 48.2 Å². The summed E-state index contributed by atoms with van der Waals surface area (Å²) < 4.78 is 5.35. The summed E-state index contributed by atoms with van der Waals surface area (Å²) in [6.45, 7) is -0.320. The van der Waals surface area contributed by atoms with Crippen LogP contribution < -0.4 is 4.90 Å². The van der Waals surface area contributed by atoms with Crippen molar-refractivity contribution < 1.29 is 14.3 Å². The Morgan fingerprint density at radius 3 is 2.38 bits per heavy atom. The maximum Gasteiger partial charge on any atom is 0.316 e. The minimum absolute atomic E-state index is 0.0718. The fraction of sp³-hybridized carbons (Fsp3) is 0.167. The summed E-state index contributed by atoms with van der Waals surface area (Å²) in [6.07, 6.45) is 3.19. The quantitative estimate of drug-likeness (QED) is 0.242. The summed E-state index contributed by atoms with van der Waals surface area (Å²) in [6, 6.07) is 17.7. The molecule has 8 heteroatoms. The van der Waals surface area contributed by atoms with E-state index in [0.29, 0.717) is 0 Å². The molecule has 32 heavy (non-hydrogen) atoms. The molecule has 0 fully saturated rings. The Morgan fingerprint density at radius 1 is 0.969 bits per heavy atom. The van der Waals surface area contributed by atoms with Crippen molar-refractivity contribution in [1.82, 2.24) is 9.97 Å². The number of hydrogen-bond acceptors (Lipinski definition) is 7. The van der Waals surface area contributed by atoms with Crippen LogP contribution in [0.1, 0.15) is 11.1 Å². The van der Waals surface area contributed by atoms with Gasteiger partial charge >= 0.3 is 5.97 Å². The second-order valence-corrected chi connectivity index (χ2v) is 9.11. The minimum Gasteiger partial charge on any atom is -0.455 e. The first kappa shape index (κ1) is 20.7. The zero-order chi connectivity index (χ0) is 21.9. The molecule has 0 saturated heterocycles. The van der Waals surface area contributed by atoms with Gasteiger partial charge in [0.2, 0.25) is 0 Å². The molecular formula is C24H19N3O3S2. The van der Waals surface area contributed by atoms with Crippen LogP contribution in [-0.2, 0) is 27.2 Å². The van der Waals surface area contributed by atoms with E-state index in [2.05, 4.69) is 9.97 Å². The van der Waals surface area contributed by atoms with E-state index < -0.39 is 5.97 Å². The first-order valence-corrected chi connectivity index (χ1v) is 12.0. The molecule has 0 atom stereocenters. The molecule has 2 aromatic carbocycles. The number of nitrogens with zero attached hydrogens (tertiary/aromatic N) is 3. The molecule has 0 N–H and O–H groups in total. The van der Waals surface area contributed by atoms with E-state index in [0.717, 1.165) is 50.6 Å². The smallest absolute Gasteiger partial charge is 0.316 e. The minimum atomic E-state index is -0.457.